The predicted octanol–water partition coefficient (Wildman–Crippen LogP) is 4.00. The molecular weight excluding hydrogens is 592 g/mol. The number of urea groups is 1. The first-order valence-electron chi connectivity index (χ1n) is 11.7. The Bertz CT molecular complexity index is 1240. The number of carbonyl (C=O) groups excluding carboxylic acids is 2. The van der Waals surface area contributed by atoms with Crippen molar-refractivity contribution in [3.63, 3.8) is 0 Å². The van der Waals surface area contributed by atoms with Crippen molar-refractivity contribution in [2.45, 2.75) is 31.2 Å². The third kappa shape index (κ3) is 6.03. The minimum atomic E-state index is -1.37. The molecule has 1 aliphatic heterocycles. The summed E-state index contributed by atoms with van der Waals surface area (Å²) in [6.45, 7) is 1.80. The van der Waals surface area contributed by atoms with Crippen molar-refractivity contribution >= 4 is 40.2 Å². The van der Waals surface area contributed by atoms with E-state index in [0.717, 1.165) is 10.5 Å². The maximum Gasteiger partial charge on any atom is 0.320 e. The Morgan fingerprint density at radius 3 is 2.51 bits per heavy atom. The quantitative estimate of drug-likeness (QED) is 0.271. The van der Waals surface area contributed by atoms with Gasteiger partial charge in [0.25, 0.3) is 0 Å². The number of ether oxygens (including phenoxy) is 1. The molecule has 0 aromatic heterocycles. The second kappa shape index (κ2) is 11.9. The number of carbonyl (C=O) groups is 2. The van der Waals surface area contributed by atoms with Gasteiger partial charge in [0.1, 0.15) is 30.3 Å². The van der Waals surface area contributed by atoms with Gasteiger partial charge in [-0.25, -0.2) is 9.18 Å². The van der Waals surface area contributed by atoms with Crippen LogP contribution < -0.4 is 15.4 Å². The number of hydrogen-bond acceptors (Lipinski definition) is 5. The van der Waals surface area contributed by atoms with Crippen molar-refractivity contribution in [2.24, 2.45) is 0 Å². The van der Waals surface area contributed by atoms with Gasteiger partial charge in [-0.05, 0) is 64.0 Å². The van der Waals surface area contributed by atoms with Crippen LogP contribution in [0.5, 0.6) is 5.75 Å². The van der Waals surface area contributed by atoms with Crippen LogP contribution in [0.3, 0.4) is 0 Å². The molecule has 37 heavy (non-hydrogen) atoms. The van der Waals surface area contributed by atoms with Gasteiger partial charge in [0, 0.05) is 9.49 Å². The smallest absolute Gasteiger partial charge is 0.320 e. The third-order valence-corrected chi connectivity index (χ3v) is 6.92. The predicted molar refractivity (Wildman–Crippen MR) is 145 cm³/mol. The molecule has 194 valence electrons. The van der Waals surface area contributed by atoms with Gasteiger partial charge in [0.15, 0.2) is 6.23 Å². The summed E-state index contributed by atoms with van der Waals surface area (Å²) in [6.07, 6.45) is -1.37. The monoisotopic (exact) mass is 619 g/mol. The Morgan fingerprint density at radius 1 is 1.16 bits per heavy atom. The summed E-state index contributed by atoms with van der Waals surface area (Å²) >= 11 is 1.97. The molecule has 0 bridgehead atoms. The number of hydrogen-bond donors (Lipinski definition) is 4. The highest BCUT2D eigenvalue weighted by molar-refractivity contribution is 14.1. The molecule has 0 unspecified atom stereocenters. The van der Waals surface area contributed by atoms with Gasteiger partial charge >= 0.3 is 6.03 Å². The van der Waals surface area contributed by atoms with Crippen molar-refractivity contribution < 1.29 is 28.9 Å². The van der Waals surface area contributed by atoms with Crippen LogP contribution in [0.1, 0.15) is 30.0 Å². The summed E-state index contributed by atoms with van der Waals surface area (Å²) < 4.78 is 20.6. The first kappa shape index (κ1) is 26.8. The number of rotatable bonds is 9. The lowest BCUT2D eigenvalue weighted by Crippen LogP contribution is -2.52. The second-order valence-corrected chi connectivity index (χ2v) is 9.89. The highest BCUT2D eigenvalue weighted by Gasteiger charge is 2.47. The number of benzene rings is 3. The highest BCUT2D eigenvalue weighted by Crippen LogP contribution is 2.34. The van der Waals surface area contributed by atoms with E-state index in [1.165, 1.54) is 12.1 Å². The fourth-order valence-electron chi connectivity index (χ4n) is 4.37. The molecule has 0 radical (unpaired) electrons. The van der Waals surface area contributed by atoms with Gasteiger partial charge in [-0.1, -0.05) is 49.4 Å². The number of aliphatic hydroxyl groups is 2. The number of halogens is 2. The van der Waals surface area contributed by atoms with E-state index < -0.39 is 42.0 Å². The largest absolute Gasteiger partial charge is 0.491 e. The normalized spacial score (nSPS) is 18.7. The van der Waals surface area contributed by atoms with Gasteiger partial charge in [0.05, 0.1) is 12.3 Å². The van der Waals surface area contributed by atoms with Crippen molar-refractivity contribution in [3.8, 4) is 5.75 Å². The van der Waals surface area contributed by atoms with Gasteiger partial charge in [-0.3, -0.25) is 9.69 Å². The SMILES string of the molecule is C[C@@H](c1ccccc1)[C@@H](C(=O)Nc1ccc(I)cc1F)N1C(=O)N[C@H](c2ccc(OCCO)cc2)[C@H]1O. The Morgan fingerprint density at radius 2 is 1.86 bits per heavy atom. The zero-order valence-electron chi connectivity index (χ0n) is 20.0. The van der Waals surface area contributed by atoms with Gasteiger partial charge in [-0.2, -0.15) is 0 Å². The van der Waals surface area contributed by atoms with Gasteiger partial charge in [-0.15, -0.1) is 0 Å². The number of nitrogens with one attached hydrogen (secondary N) is 2. The second-order valence-electron chi connectivity index (χ2n) is 8.65. The number of anilines is 1. The average Bonchev–Trinajstić information content (AvgIpc) is 3.19. The van der Waals surface area contributed by atoms with E-state index in [4.69, 9.17) is 9.84 Å². The van der Waals surface area contributed by atoms with Gasteiger partial charge in [0.2, 0.25) is 5.91 Å². The summed E-state index contributed by atoms with van der Waals surface area (Å²) in [5.41, 5.74) is 1.37. The number of nitrogens with zero attached hydrogens (tertiary/aromatic N) is 1. The first-order chi connectivity index (χ1) is 17.8. The minimum Gasteiger partial charge on any atom is -0.491 e. The van der Waals surface area contributed by atoms with Crippen molar-refractivity contribution in [1.29, 1.82) is 0 Å². The molecule has 4 rings (SSSR count). The van der Waals surface area contributed by atoms with Crippen molar-refractivity contribution in [1.82, 2.24) is 10.2 Å². The third-order valence-electron chi connectivity index (χ3n) is 6.25. The lowest BCUT2D eigenvalue weighted by Gasteiger charge is -2.34. The molecule has 3 aromatic carbocycles. The van der Waals surface area contributed by atoms with E-state index in [1.54, 1.807) is 37.3 Å². The molecule has 0 aliphatic carbocycles. The lowest BCUT2D eigenvalue weighted by molar-refractivity contribution is -0.124. The molecule has 3 aromatic rings. The molecule has 4 atom stereocenters. The lowest BCUT2D eigenvalue weighted by atomic mass is 9.91. The standard InChI is InChI=1S/C27H27FIN3O5/c1-16(17-5-3-2-4-6-17)24(25(34)30-22-12-9-19(29)15-21(22)28)32-26(35)23(31-27(32)36)18-7-10-20(11-8-18)37-14-13-33/h2-12,15-16,23-24,26,33,35H,13-14H2,1H3,(H,30,34)(H,31,36)/t16-,23+,24-,26+/m0/s1. The average molecular weight is 619 g/mol. The van der Waals surface area contributed by atoms with Crippen LogP contribution in [0.4, 0.5) is 14.9 Å². The van der Waals surface area contributed by atoms with E-state index in [2.05, 4.69) is 10.6 Å². The zero-order chi connectivity index (χ0) is 26.5. The summed E-state index contributed by atoms with van der Waals surface area (Å²) in [7, 11) is 0. The fourth-order valence-corrected chi connectivity index (χ4v) is 4.83. The number of amides is 3. The van der Waals surface area contributed by atoms with Crippen molar-refractivity contribution in [2.75, 3.05) is 18.5 Å². The van der Waals surface area contributed by atoms with Crippen molar-refractivity contribution in [3.05, 3.63) is 93.3 Å². The summed E-state index contributed by atoms with van der Waals surface area (Å²) in [5.74, 6) is -1.22. The number of aliphatic hydroxyl groups excluding tert-OH is 2. The van der Waals surface area contributed by atoms with Crippen LogP contribution in [0.2, 0.25) is 0 Å². The molecule has 0 saturated carbocycles. The molecule has 3 amide bonds. The maximum absolute atomic E-state index is 14.5. The highest BCUT2D eigenvalue weighted by atomic mass is 127. The molecule has 8 nitrogen and oxygen atoms in total. The van der Waals surface area contributed by atoms with Gasteiger partial charge < -0.3 is 25.6 Å². The molecule has 1 aliphatic rings. The Labute approximate surface area is 227 Å². The van der Waals surface area contributed by atoms with Crippen LogP contribution in [-0.4, -0.2) is 52.5 Å². The van der Waals surface area contributed by atoms with Crippen LogP contribution in [0, 0.1) is 9.39 Å². The minimum absolute atomic E-state index is 0.0141. The topological polar surface area (TPSA) is 111 Å². The fraction of sp³-hybridized carbons (Fsp3) is 0.259. The van der Waals surface area contributed by atoms with E-state index in [0.29, 0.717) is 14.9 Å². The molecule has 0 spiro atoms. The maximum atomic E-state index is 14.5. The van der Waals surface area contributed by atoms with E-state index >= 15 is 0 Å². The molecule has 1 saturated heterocycles. The van der Waals surface area contributed by atoms with Crippen LogP contribution in [0.15, 0.2) is 72.8 Å². The summed E-state index contributed by atoms with van der Waals surface area (Å²) in [5, 5.41) is 25.6. The Hall–Kier alpha value is -3.22. The van der Waals surface area contributed by atoms with Crippen LogP contribution in [-0.2, 0) is 4.79 Å². The molecule has 1 fully saturated rings. The molecule has 10 heteroatoms. The Balaban J connectivity index is 1.64. The molecule has 1 heterocycles. The van der Waals surface area contributed by atoms with E-state index in [1.807, 2.05) is 52.9 Å². The Kier molecular flexibility index (Phi) is 8.62. The first-order valence-corrected chi connectivity index (χ1v) is 12.8. The van der Waals surface area contributed by atoms with Crippen LogP contribution in [0.25, 0.3) is 0 Å². The zero-order valence-corrected chi connectivity index (χ0v) is 22.1. The van der Waals surface area contributed by atoms with E-state index in [9.17, 15) is 19.1 Å². The summed E-state index contributed by atoms with van der Waals surface area (Å²) in [4.78, 5) is 27.9. The molecular formula is C27H27FIN3O5. The van der Waals surface area contributed by atoms with E-state index in [-0.39, 0.29) is 18.9 Å². The molecule has 4 N–H and O–H groups in total. The summed E-state index contributed by atoms with van der Waals surface area (Å²) in [6, 6.07) is 17.7. The van der Waals surface area contributed by atoms with Crippen LogP contribution >= 0.6 is 22.6 Å².